The van der Waals surface area contributed by atoms with E-state index in [1.807, 2.05) is 0 Å². The summed E-state index contributed by atoms with van der Waals surface area (Å²) in [7, 11) is 0. The van der Waals surface area contributed by atoms with Crippen LogP contribution in [0.15, 0.2) is 48.5 Å². The zero-order valence-corrected chi connectivity index (χ0v) is 10.7. The fourth-order valence-electron chi connectivity index (χ4n) is 1.84. The van der Waals surface area contributed by atoms with Crippen molar-refractivity contribution in [1.82, 2.24) is 0 Å². The van der Waals surface area contributed by atoms with E-state index in [4.69, 9.17) is 5.11 Å². The zero-order chi connectivity index (χ0) is 14.5. The van der Waals surface area contributed by atoms with Crippen LogP contribution in [0, 0.1) is 5.82 Å². The molecule has 102 valence electrons. The van der Waals surface area contributed by atoms with Crippen LogP contribution in [0.2, 0.25) is 0 Å². The molecule has 2 aromatic carbocycles. The Balaban J connectivity index is 2.11. The van der Waals surface area contributed by atoms with Crippen molar-refractivity contribution in [3.8, 4) is 0 Å². The first-order valence-corrected chi connectivity index (χ1v) is 6.17. The number of aryl methyl sites for hydroxylation is 1. The molecule has 0 aliphatic rings. The predicted molar refractivity (Wildman–Crippen MR) is 72.2 cm³/mol. The second kappa shape index (κ2) is 6.10. The van der Waals surface area contributed by atoms with Crippen LogP contribution in [-0.2, 0) is 11.2 Å². The van der Waals surface area contributed by atoms with Gasteiger partial charge in [-0.2, -0.15) is 0 Å². The van der Waals surface area contributed by atoms with Crippen LogP contribution < -0.4 is 0 Å². The van der Waals surface area contributed by atoms with Gasteiger partial charge >= 0.3 is 5.97 Å². The van der Waals surface area contributed by atoms with Crippen molar-refractivity contribution in [1.29, 1.82) is 0 Å². The summed E-state index contributed by atoms with van der Waals surface area (Å²) >= 11 is 0. The lowest BCUT2D eigenvalue weighted by atomic mass is 10.0. The van der Waals surface area contributed by atoms with Crippen molar-refractivity contribution < 1.29 is 19.1 Å². The molecule has 0 amide bonds. The number of ketones is 1. The highest BCUT2D eigenvalue weighted by atomic mass is 19.1. The molecule has 0 heterocycles. The number of rotatable bonds is 5. The molecular weight excluding hydrogens is 259 g/mol. The van der Waals surface area contributed by atoms with E-state index in [1.165, 1.54) is 24.3 Å². The Kier molecular flexibility index (Phi) is 4.25. The quantitative estimate of drug-likeness (QED) is 0.851. The molecule has 0 aliphatic heterocycles. The largest absolute Gasteiger partial charge is 0.481 e. The van der Waals surface area contributed by atoms with Crippen molar-refractivity contribution >= 4 is 11.8 Å². The van der Waals surface area contributed by atoms with E-state index < -0.39 is 5.97 Å². The van der Waals surface area contributed by atoms with Gasteiger partial charge in [0.25, 0.3) is 0 Å². The SMILES string of the molecule is O=C(O)CCc1ccc(C(=O)c2ccc(F)cc2)cc1. The third-order valence-corrected chi connectivity index (χ3v) is 2.95. The van der Waals surface area contributed by atoms with Gasteiger partial charge in [0.1, 0.15) is 5.82 Å². The van der Waals surface area contributed by atoms with E-state index >= 15 is 0 Å². The van der Waals surface area contributed by atoms with E-state index in [0.29, 0.717) is 17.5 Å². The lowest BCUT2D eigenvalue weighted by Gasteiger charge is -2.03. The Morgan fingerprint density at radius 2 is 1.40 bits per heavy atom. The minimum atomic E-state index is -0.850. The molecule has 20 heavy (non-hydrogen) atoms. The topological polar surface area (TPSA) is 54.4 Å². The van der Waals surface area contributed by atoms with Crippen molar-refractivity contribution in [2.45, 2.75) is 12.8 Å². The van der Waals surface area contributed by atoms with Gasteiger partial charge in [0.2, 0.25) is 0 Å². The van der Waals surface area contributed by atoms with Crippen molar-refractivity contribution in [3.05, 3.63) is 71.0 Å². The van der Waals surface area contributed by atoms with Gasteiger partial charge in [-0.25, -0.2) is 4.39 Å². The normalized spacial score (nSPS) is 10.2. The number of hydrogen-bond donors (Lipinski definition) is 1. The maximum atomic E-state index is 12.8. The molecule has 0 saturated heterocycles. The number of halogens is 1. The fourth-order valence-corrected chi connectivity index (χ4v) is 1.84. The van der Waals surface area contributed by atoms with Crippen molar-refractivity contribution in [2.75, 3.05) is 0 Å². The summed E-state index contributed by atoms with van der Waals surface area (Å²) in [5.74, 6) is -1.42. The number of benzene rings is 2. The summed E-state index contributed by atoms with van der Waals surface area (Å²) in [6.07, 6.45) is 0.492. The van der Waals surface area contributed by atoms with Crippen molar-refractivity contribution in [2.24, 2.45) is 0 Å². The maximum absolute atomic E-state index is 12.8. The summed E-state index contributed by atoms with van der Waals surface area (Å²) < 4.78 is 12.8. The minimum Gasteiger partial charge on any atom is -0.481 e. The third-order valence-electron chi connectivity index (χ3n) is 2.95. The standard InChI is InChI=1S/C16H13FO3/c17-14-8-6-13(7-9-14)16(20)12-4-1-11(2-5-12)3-10-15(18)19/h1-2,4-9H,3,10H2,(H,18,19). The van der Waals surface area contributed by atoms with E-state index in [2.05, 4.69) is 0 Å². The molecule has 0 spiro atoms. The molecule has 0 fully saturated rings. The number of carbonyl (C=O) groups excluding carboxylic acids is 1. The Morgan fingerprint density at radius 3 is 1.90 bits per heavy atom. The molecule has 0 saturated carbocycles. The average molecular weight is 272 g/mol. The van der Waals surface area contributed by atoms with Gasteiger partial charge < -0.3 is 5.11 Å². The van der Waals surface area contributed by atoms with Gasteiger partial charge in [0.05, 0.1) is 0 Å². The smallest absolute Gasteiger partial charge is 0.303 e. The molecule has 0 unspecified atom stereocenters. The molecular formula is C16H13FO3. The van der Waals surface area contributed by atoms with Crippen LogP contribution in [0.5, 0.6) is 0 Å². The molecule has 2 rings (SSSR count). The second-order valence-electron chi connectivity index (χ2n) is 4.43. The van der Waals surface area contributed by atoms with E-state index in [1.54, 1.807) is 24.3 Å². The van der Waals surface area contributed by atoms with E-state index in [0.717, 1.165) is 5.56 Å². The van der Waals surface area contributed by atoms with Crippen LogP contribution in [0.4, 0.5) is 4.39 Å². The fraction of sp³-hybridized carbons (Fsp3) is 0.125. The molecule has 0 radical (unpaired) electrons. The monoisotopic (exact) mass is 272 g/mol. The van der Waals surface area contributed by atoms with E-state index in [-0.39, 0.29) is 18.0 Å². The van der Waals surface area contributed by atoms with E-state index in [9.17, 15) is 14.0 Å². The molecule has 0 aromatic heterocycles. The van der Waals surface area contributed by atoms with Crippen molar-refractivity contribution in [3.63, 3.8) is 0 Å². The molecule has 0 bridgehead atoms. The number of hydrogen-bond acceptors (Lipinski definition) is 2. The number of aliphatic carboxylic acids is 1. The maximum Gasteiger partial charge on any atom is 0.303 e. The first-order valence-electron chi connectivity index (χ1n) is 6.17. The second-order valence-corrected chi connectivity index (χ2v) is 4.43. The summed E-state index contributed by atoms with van der Waals surface area (Å²) in [5.41, 5.74) is 1.78. The molecule has 0 aliphatic carbocycles. The number of carboxylic acids is 1. The third kappa shape index (κ3) is 3.51. The minimum absolute atomic E-state index is 0.0608. The molecule has 0 atom stereocenters. The first-order chi connectivity index (χ1) is 9.56. The highest BCUT2D eigenvalue weighted by molar-refractivity contribution is 6.08. The van der Waals surface area contributed by atoms with Gasteiger partial charge in [-0.05, 0) is 36.2 Å². The molecule has 4 heteroatoms. The van der Waals surface area contributed by atoms with Crippen LogP contribution in [0.1, 0.15) is 27.9 Å². The van der Waals surface area contributed by atoms with Crippen LogP contribution in [0.25, 0.3) is 0 Å². The van der Waals surface area contributed by atoms with Gasteiger partial charge in [-0.15, -0.1) is 0 Å². The lowest BCUT2D eigenvalue weighted by molar-refractivity contribution is -0.136. The molecule has 1 N–H and O–H groups in total. The molecule has 2 aromatic rings. The van der Waals surface area contributed by atoms with Crippen LogP contribution in [0.3, 0.4) is 0 Å². The summed E-state index contributed by atoms with van der Waals surface area (Å²) in [6.45, 7) is 0. The van der Waals surface area contributed by atoms with Gasteiger partial charge in [0.15, 0.2) is 5.78 Å². The van der Waals surface area contributed by atoms with Gasteiger partial charge in [-0.1, -0.05) is 24.3 Å². The van der Waals surface area contributed by atoms with Crippen LogP contribution in [-0.4, -0.2) is 16.9 Å². The Bertz CT molecular complexity index is 615. The zero-order valence-electron chi connectivity index (χ0n) is 10.7. The average Bonchev–Trinajstić information content (AvgIpc) is 2.46. The Labute approximate surface area is 115 Å². The Hall–Kier alpha value is -2.49. The molecule has 3 nitrogen and oxygen atoms in total. The predicted octanol–water partition coefficient (Wildman–Crippen LogP) is 3.07. The summed E-state index contributed by atoms with van der Waals surface area (Å²) in [5, 5.41) is 8.60. The summed E-state index contributed by atoms with van der Waals surface area (Å²) in [4.78, 5) is 22.6. The summed E-state index contributed by atoms with van der Waals surface area (Å²) in [6, 6.07) is 12.2. The number of carbonyl (C=O) groups is 2. The van der Waals surface area contributed by atoms with Gasteiger partial charge in [-0.3, -0.25) is 9.59 Å². The highest BCUT2D eigenvalue weighted by Gasteiger charge is 2.09. The lowest BCUT2D eigenvalue weighted by Crippen LogP contribution is -2.02. The Morgan fingerprint density at radius 1 is 0.900 bits per heavy atom. The van der Waals surface area contributed by atoms with Crippen LogP contribution >= 0.6 is 0 Å². The highest BCUT2D eigenvalue weighted by Crippen LogP contribution is 2.13. The van der Waals surface area contributed by atoms with Gasteiger partial charge in [0, 0.05) is 17.5 Å². The number of carboxylic acid groups (broad SMARTS) is 1. The first kappa shape index (κ1) is 13.9.